The SMILES string of the molecule is CC[C@H]1OC(=O)[C@@](C)(F)C(=O)[C@H](C)[C@@H](O[C@@H]2O[C@H](C)C[C@H](N(C)C)[C@H]2O)[C@](C)(OC)C[C@@H](C)C(=O)[C@H](C)[C@H]2N(CCCOC(=O)Nc3ccccc3Cl)C(=O)O[C@]12C. The van der Waals surface area contributed by atoms with Crippen molar-refractivity contribution < 1.29 is 61.9 Å². The molecule has 0 aromatic heterocycles. The lowest BCUT2D eigenvalue weighted by molar-refractivity contribution is -0.295. The Hall–Kier alpha value is -3.41. The number of rotatable bonds is 10. The van der Waals surface area contributed by atoms with Gasteiger partial charge in [0.15, 0.2) is 17.7 Å². The number of aliphatic hydroxyl groups excluding tert-OH is 1. The molecule has 1 aromatic carbocycles. The second kappa shape index (κ2) is 18.9. The Balaban J connectivity index is 1.69. The van der Waals surface area contributed by atoms with E-state index < -0.39 is 89.2 Å². The molecule has 0 radical (unpaired) electrons. The standard InChI is InChI=1S/C41H61ClFN3O12/c1-12-29-41(8)32(46(38(52)58-41)18-15-19-54-37(51)44-27-17-14-13-16-26(27)42)24(4)30(47)22(2)21-39(6,53-11)34(25(5)33(49)40(7,43)36(50)56-29)57-35-31(48)28(45(9)10)20-23(3)55-35/h13-14,16-17,22-25,28-29,31-32,34-35,48H,12,15,18-21H2,1-11H3,(H,44,51)/t22-,23-,24+,25+,28+,29-,31-,32-,34-,35+,39-,40+,41-/m1/s1. The van der Waals surface area contributed by atoms with Crippen LogP contribution in [0.2, 0.25) is 5.02 Å². The Bertz CT molecular complexity index is 1670. The average Bonchev–Trinajstić information content (AvgIpc) is 3.43. The quantitative estimate of drug-likeness (QED) is 0.129. The van der Waals surface area contributed by atoms with E-state index in [2.05, 4.69) is 5.32 Å². The summed E-state index contributed by atoms with van der Waals surface area (Å²) in [5.74, 6) is -6.15. The van der Waals surface area contributed by atoms with Crippen LogP contribution in [-0.2, 0) is 42.8 Å². The molecule has 0 spiro atoms. The number of Topliss-reactive ketones (excluding diaryl/α,β-unsaturated/α-hetero) is 2. The highest BCUT2D eigenvalue weighted by molar-refractivity contribution is 6.33. The molecule has 1 aromatic rings. The van der Waals surface area contributed by atoms with Gasteiger partial charge in [0.05, 0.1) is 41.2 Å². The van der Waals surface area contributed by atoms with Crippen molar-refractivity contribution >= 4 is 47.0 Å². The van der Waals surface area contributed by atoms with Crippen molar-refractivity contribution in [2.24, 2.45) is 17.8 Å². The number of cyclic esters (lactones) is 1. The first-order valence-electron chi connectivity index (χ1n) is 19.9. The van der Waals surface area contributed by atoms with E-state index in [9.17, 15) is 29.1 Å². The third kappa shape index (κ3) is 9.79. The average molecular weight is 842 g/mol. The zero-order chi connectivity index (χ0) is 43.5. The number of ether oxygens (including phenoxy) is 6. The number of hydrogen-bond donors (Lipinski definition) is 2. The third-order valence-corrected chi connectivity index (χ3v) is 12.4. The number of esters is 1. The predicted molar refractivity (Wildman–Crippen MR) is 211 cm³/mol. The zero-order valence-corrected chi connectivity index (χ0v) is 36.2. The molecule has 326 valence electrons. The summed E-state index contributed by atoms with van der Waals surface area (Å²) in [6, 6.07) is 5.18. The summed E-state index contributed by atoms with van der Waals surface area (Å²) in [7, 11) is 4.98. The van der Waals surface area contributed by atoms with Gasteiger partial charge in [0.1, 0.15) is 18.0 Å². The summed E-state index contributed by atoms with van der Waals surface area (Å²) >= 11 is 6.13. The molecule has 3 aliphatic heterocycles. The van der Waals surface area contributed by atoms with E-state index >= 15 is 4.39 Å². The monoisotopic (exact) mass is 841 g/mol. The number of methoxy groups -OCH3 is 1. The van der Waals surface area contributed by atoms with Gasteiger partial charge >= 0.3 is 18.2 Å². The number of fused-ring (bicyclic) bond motifs is 1. The van der Waals surface area contributed by atoms with Crippen molar-refractivity contribution in [1.29, 1.82) is 0 Å². The lowest BCUT2D eigenvalue weighted by Crippen LogP contribution is -2.61. The van der Waals surface area contributed by atoms with Crippen LogP contribution < -0.4 is 5.32 Å². The Kier molecular flexibility index (Phi) is 15.4. The molecule has 3 fully saturated rings. The molecule has 4 rings (SSSR count). The van der Waals surface area contributed by atoms with Crippen molar-refractivity contribution in [3.05, 3.63) is 29.3 Å². The van der Waals surface area contributed by atoms with Gasteiger partial charge in [-0.2, -0.15) is 0 Å². The molecule has 2 amide bonds. The number of aliphatic hydroxyl groups is 1. The van der Waals surface area contributed by atoms with Gasteiger partial charge in [0, 0.05) is 37.5 Å². The fourth-order valence-electron chi connectivity index (χ4n) is 8.82. The second-order valence-electron chi connectivity index (χ2n) is 16.7. The number of halogens is 2. The van der Waals surface area contributed by atoms with Crippen molar-refractivity contribution in [3.63, 3.8) is 0 Å². The number of amides is 2. The molecule has 3 heterocycles. The van der Waals surface area contributed by atoms with E-state index in [1.807, 2.05) is 11.8 Å². The van der Waals surface area contributed by atoms with E-state index in [4.69, 9.17) is 40.0 Å². The van der Waals surface area contributed by atoms with Gasteiger partial charge in [0.2, 0.25) is 0 Å². The summed E-state index contributed by atoms with van der Waals surface area (Å²) in [5.41, 5.74) is -6.05. The minimum absolute atomic E-state index is 0.0249. The summed E-state index contributed by atoms with van der Waals surface area (Å²) < 4.78 is 52.5. The van der Waals surface area contributed by atoms with Crippen LogP contribution in [0.5, 0.6) is 0 Å². The maximum atomic E-state index is 16.8. The van der Waals surface area contributed by atoms with Crippen LogP contribution >= 0.6 is 11.6 Å². The highest BCUT2D eigenvalue weighted by Crippen LogP contribution is 2.43. The smallest absolute Gasteiger partial charge is 0.411 e. The normalized spacial score (nSPS) is 37.8. The number of para-hydroxylation sites is 1. The molecular weight excluding hydrogens is 781 g/mol. The number of carbonyl (C=O) groups is 5. The number of hydrogen-bond acceptors (Lipinski definition) is 13. The maximum absolute atomic E-state index is 16.8. The number of nitrogens with one attached hydrogen (secondary N) is 1. The topological polar surface area (TPSA) is 179 Å². The minimum Gasteiger partial charge on any atom is -0.455 e. The molecule has 15 nitrogen and oxygen atoms in total. The molecule has 0 aliphatic carbocycles. The van der Waals surface area contributed by atoms with Gasteiger partial charge in [-0.3, -0.25) is 14.9 Å². The van der Waals surface area contributed by atoms with E-state index in [1.54, 1.807) is 66.1 Å². The Labute approximate surface area is 345 Å². The van der Waals surface area contributed by atoms with Crippen molar-refractivity contribution in [1.82, 2.24) is 9.80 Å². The molecule has 3 saturated heterocycles. The number of carbonyl (C=O) groups excluding carboxylic acids is 5. The number of likely N-dealkylation sites (N-methyl/N-ethyl adjacent to an activating group) is 1. The van der Waals surface area contributed by atoms with Gasteiger partial charge in [-0.05, 0) is 79.6 Å². The lowest BCUT2D eigenvalue weighted by Gasteiger charge is -2.47. The van der Waals surface area contributed by atoms with E-state index in [0.717, 1.165) is 6.92 Å². The van der Waals surface area contributed by atoms with E-state index in [-0.39, 0.29) is 50.3 Å². The van der Waals surface area contributed by atoms with Gasteiger partial charge in [-0.1, -0.05) is 51.4 Å². The molecule has 58 heavy (non-hydrogen) atoms. The van der Waals surface area contributed by atoms with Gasteiger partial charge in [-0.15, -0.1) is 0 Å². The van der Waals surface area contributed by atoms with E-state index in [1.165, 1.54) is 25.9 Å². The summed E-state index contributed by atoms with van der Waals surface area (Å²) in [5, 5.41) is 14.3. The molecule has 0 saturated carbocycles. The zero-order valence-electron chi connectivity index (χ0n) is 35.4. The third-order valence-electron chi connectivity index (χ3n) is 12.1. The van der Waals surface area contributed by atoms with Crippen molar-refractivity contribution in [2.45, 2.75) is 141 Å². The molecule has 0 unspecified atom stereocenters. The van der Waals surface area contributed by atoms with Crippen LogP contribution in [0.1, 0.15) is 81.1 Å². The summed E-state index contributed by atoms with van der Waals surface area (Å²) in [4.78, 5) is 72.0. The van der Waals surface area contributed by atoms with Crippen molar-refractivity contribution in [2.75, 3.05) is 39.7 Å². The maximum Gasteiger partial charge on any atom is 0.411 e. The van der Waals surface area contributed by atoms with Crippen LogP contribution in [0.3, 0.4) is 0 Å². The first-order valence-corrected chi connectivity index (χ1v) is 20.3. The van der Waals surface area contributed by atoms with Crippen LogP contribution in [0.25, 0.3) is 0 Å². The molecule has 13 atom stereocenters. The molecule has 3 aliphatic rings. The first kappa shape index (κ1) is 47.3. The van der Waals surface area contributed by atoms with Crippen LogP contribution in [0, 0.1) is 17.8 Å². The van der Waals surface area contributed by atoms with Gasteiger partial charge < -0.3 is 43.3 Å². The lowest BCUT2D eigenvalue weighted by atomic mass is 9.73. The van der Waals surface area contributed by atoms with Crippen LogP contribution in [-0.4, -0.2) is 139 Å². The van der Waals surface area contributed by atoms with Crippen LogP contribution in [0.15, 0.2) is 24.3 Å². The fourth-order valence-corrected chi connectivity index (χ4v) is 9.00. The summed E-state index contributed by atoms with van der Waals surface area (Å²) in [6.07, 6.45) is -6.47. The van der Waals surface area contributed by atoms with Gasteiger partial charge in [-0.25, -0.2) is 18.8 Å². The Morgan fingerprint density at radius 1 is 1.09 bits per heavy atom. The Morgan fingerprint density at radius 3 is 2.34 bits per heavy atom. The number of alkyl halides is 1. The molecule has 0 bridgehead atoms. The number of nitrogens with zero attached hydrogens (tertiary/aromatic N) is 2. The second-order valence-corrected chi connectivity index (χ2v) is 17.1. The largest absolute Gasteiger partial charge is 0.455 e. The van der Waals surface area contributed by atoms with Crippen LogP contribution in [0.4, 0.5) is 19.7 Å². The van der Waals surface area contributed by atoms with E-state index in [0.29, 0.717) is 17.1 Å². The summed E-state index contributed by atoms with van der Waals surface area (Å²) in [6.45, 7) is 12.0. The minimum atomic E-state index is -3.22. The van der Waals surface area contributed by atoms with Gasteiger partial charge in [0.25, 0.3) is 5.67 Å². The highest BCUT2D eigenvalue weighted by Gasteiger charge is 2.61. The molecule has 17 heteroatoms. The number of ketones is 2. The first-order chi connectivity index (χ1) is 27.0. The number of benzene rings is 1. The fraction of sp³-hybridized carbons (Fsp3) is 0.732. The van der Waals surface area contributed by atoms with Crippen molar-refractivity contribution in [3.8, 4) is 0 Å². The highest BCUT2D eigenvalue weighted by atomic mass is 35.5. The Morgan fingerprint density at radius 2 is 1.74 bits per heavy atom. The predicted octanol–water partition coefficient (Wildman–Crippen LogP) is 5.57. The molecule has 2 N–H and O–H groups in total. The molecular formula is C41H61ClFN3O12. The number of anilines is 1.